The minimum atomic E-state index is -0.460. The lowest BCUT2D eigenvalue weighted by Gasteiger charge is -2.33. The van der Waals surface area contributed by atoms with E-state index < -0.39 is 5.97 Å². The standard InChI is InChI=1S/C14H21N3O2/c1-14(8-4-3-5-9-14)10-15-12-7-6-11(16-17-12)13(18)19-2/h6-7H,3-5,8-10H2,1-2H3,(H,15,17). The summed E-state index contributed by atoms with van der Waals surface area (Å²) in [7, 11) is 1.33. The van der Waals surface area contributed by atoms with E-state index in [2.05, 4.69) is 27.2 Å². The maximum atomic E-state index is 11.2. The zero-order chi connectivity index (χ0) is 13.7. The van der Waals surface area contributed by atoms with Crippen LogP contribution in [0.1, 0.15) is 49.5 Å². The van der Waals surface area contributed by atoms with Crippen LogP contribution in [0.25, 0.3) is 0 Å². The van der Waals surface area contributed by atoms with Crippen LogP contribution in [0.4, 0.5) is 5.82 Å². The van der Waals surface area contributed by atoms with Crippen LogP contribution in [0.2, 0.25) is 0 Å². The Hall–Kier alpha value is -1.65. The average Bonchev–Trinajstić information content (AvgIpc) is 2.46. The molecule has 1 fully saturated rings. The molecule has 0 saturated heterocycles. The van der Waals surface area contributed by atoms with E-state index >= 15 is 0 Å². The molecule has 2 rings (SSSR count). The van der Waals surface area contributed by atoms with Crippen LogP contribution in [0.3, 0.4) is 0 Å². The molecule has 0 aromatic carbocycles. The lowest BCUT2D eigenvalue weighted by atomic mass is 9.76. The van der Waals surface area contributed by atoms with Crippen LogP contribution in [-0.4, -0.2) is 29.8 Å². The molecule has 0 aliphatic heterocycles. The Morgan fingerprint density at radius 1 is 1.32 bits per heavy atom. The first kappa shape index (κ1) is 13.8. The van der Waals surface area contributed by atoms with Crippen LogP contribution in [0, 0.1) is 5.41 Å². The van der Waals surface area contributed by atoms with Crippen LogP contribution < -0.4 is 5.32 Å². The minimum Gasteiger partial charge on any atom is -0.464 e. The third-order valence-corrected chi connectivity index (χ3v) is 3.82. The first-order chi connectivity index (χ1) is 9.13. The summed E-state index contributed by atoms with van der Waals surface area (Å²) in [6.07, 6.45) is 6.49. The molecule has 1 aromatic rings. The lowest BCUT2D eigenvalue weighted by molar-refractivity contribution is 0.0592. The Morgan fingerprint density at radius 3 is 2.63 bits per heavy atom. The van der Waals surface area contributed by atoms with Crippen LogP contribution in [0.5, 0.6) is 0 Å². The van der Waals surface area contributed by atoms with E-state index in [-0.39, 0.29) is 5.69 Å². The third kappa shape index (κ3) is 3.66. The summed E-state index contributed by atoms with van der Waals surface area (Å²) in [6.45, 7) is 3.22. The molecular formula is C14H21N3O2. The molecule has 5 nitrogen and oxygen atoms in total. The third-order valence-electron chi connectivity index (χ3n) is 3.82. The van der Waals surface area contributed by atoms with Gasteiger partial charge in [0.2, 0.25) is 0 Å². The van der Waals surface area contributed by atoms with Gasteiger partial charge in [0.25, 0.3) is 0 Å². The monoisotopic (exact) mass is 263 g/mol. The van der Waals surface area contributed by atoms with E-state index in [4.69, 9.17) is 0 Å². The van der Waals surface area contributed by atoms with Gasteiger partial charge in [0.05, 0.1) is 7.11 Å². The maximum Gasteiger partial charge on any atom is 0.358 e. The number of hydrogen-bond donors (Lipinski definition) is 1. The highest BCUT2D eigenvalue weighted by Gasteiger charge is 2.26. The number of methoxy groups -OCH3 is 1. The molecule has 0 bridgehead atoms. The van der Waals surface area contributed by atoms with Gasteiger partial charge in [0, 0.05) is 6.54 Å². The highest BCUT2D eigenvalue weighted by atomic mass is 16.5. The molecule has 0 unspecified atom stereocenters. The Bertz CT molecular complexity index is 425. The summed E-state index contributed by atoms with van der Waals surface area (Å²) < 4.78 is 4.59. The fourth-order valence-corrected chi connectivity index (χ4v) is 2.53. The van der Waals surface area contributed by atoms with Crippen molar-refractivity contribution in [3.05, 3.63) is 17.8 Å². The lowest BCUT2D eigenvalue weighted by Crippen LogP contribution is -2.29. The SMILES string of the molecule is COC(=O)c1ccc(NCC2(C)CCCCC2)nn1. The van der Waals surface area contributed by atoms with Gasteiger partial charge in [-0.15, -0.1) is 10.2 Å². The molecule has 0 amide bonds. The topological polar surface area (TPSA) is 64.1 Å². The molecule has 1 heterocycles. The normalized spacial score (nSPS) is 17.8. The summed E-state index contributed by atoms with van der Waals surface area (Å²) in [5.74, 6) is 0.248. The number of hydrogen-bond acceptors (Lipinski definition) is 5. The van der Waals surface area contributed by atoms with Gasteiger partial charge in [0.1, 0.15) is 5.82 Å². The second-order valence-corrected chi connectivity index (χ2v) is 5.52. The summed E-state index contributed by atoms with van der Waals surface area (Å²) in [5.41, 5.74) is 0.581. The largest absolute Gasteiger partial charge is 0.464 e. The van der Waals surface area contributed by atoms with Crippen molar-refractivity contribution in [3.63, 3.8) is 0 Å². The molecule has 5 heteroatoms. The number of rotatable bonds is 4. The zero-order valence-electron chi connectivity index (χ0n) is 11.6. The predicted octanol–water partition coefficient (Wildman–Crippen LogP) is 2.65. The first-order valence-electron chi connectivity index (χ1n) is 6.79. The quantitative estimate of drug-likeness (QED) is 0.846. The minimum absolute atomic E-state index is 0.233. The van der Waals surface area contributed by atoms with Crippen LogP contribution in [0.15, 0.2) is 12.1 Å². The van der Waals surface area contributed by atoms with Crippen molar-refractivity contribution in [2.24, 2.45) is 5.41 Å². The fraction of sp³-hybridized carbons (Fsp3) is 0.643. The number of carbonyl (C=O) groups is 1. The van der Waals surface area contributed by atoms with E-state index in [0.717, 1.165) is 6.54 Å². The van der Waals surface area contributed by atoms with Gasteiger partial charge in [0.15, 0.2) is 5.69 Å². The highest BCUT2D eigenvalue weighted by Crippen LogP contribution is 2.35. The van der Waals surface area contributed by atoms with E-state index in [1.807, 2.05) is 0 Å². The molecule has 1 aliphatic rings. The van der Waals surface area contributed by atoms with Crippen molar-refractivity contribution in [1.82, 2.24) is 10.2 Å². The second kappa shape index (κ2) is 5.99. The molecule has 0 radical (unpaired) electrons. The van der Waals surface area contributed by atoms with Gasteiger partial charge >= 0.3 is 5.97 Å². The molecule has 1 saturated carbocycles. The smallest absolute Gasteiger partial charge is 0.358 e. The van der Waals surface area contributed by atoms with Crippen molar-refractivity contribution in [2.45, 2.75) is 39.0 Å². The average molecular weight is 263 g/mol. The number of ether oxygens (including phenoxy) is 1. The fourth-order valence-electron chi connectivity index (χ4n) is 2.53. The van der Waals surface area contributed by atoms with Crippen molar-refractivity contribution in [1.29, 1.82) is 0 Å². The molecule has 0 spiro atoms. The van der Waals surface area contributed by atoms with Gasteiger partial charge in [-0.3, -0.25) is 0 Å². The Balaban J connectivity index is 1.91. The summed E-state index contributed by atoms with van der Waals surface area (Å²) >= 11 is 0. The number of nitrogens with one attached hydrogen (secondary N) is 1. The molecule has 1 aliphatic carbocycles. The Labute approximate surface area is 113 Å². The number of carbonyl (C=O) groups excluding carboxylic acids is 1. The summed E-state index contributed by atoms with van der Waals surface area (Å²) in [5, 5.41) is 11.2. The summed E-state index contributed by atoms with van der Waals surface area (Å²) in [4.78, 5) is 11.2. The molecule has 104 valence electrons. The van der Waals surface area contributed by atoms with Gasteiger partial charge in [-0.05, 0) is 30.4 Å². The van der Waals surface area contributed by atoms with E-state index in [9.17, 15) is 4.79 Å². The highest BCUT2D eigenvalue weighted by molar-refractivity contribution is 5.86. The Morgan fingerprint density at radius 2 is 2.05 bits per heavy atom. The second-order valence-electron chi connectivity index (χ2n) is 5.52. The number of nitrogens with zero attached hydrogens (tertiary/aromatic N) is 2. The van der Waals surface area contributed by atoms with Gasteiger partial charge in [-0.25, -0.2) is 4.79 Å². The Kier molecular flexibility index (Phi) is 4.35. The number of anilines is 1. The van der Waals surface area contributed by atoms with Gasteiger partial charge in [-0.1, -0.05) is 26.2 Å². The molecule has 0 atom stereocenters. The summed E-state index contributed by atoms with van der Waals surface area (Å²) in [6, 6.07) is 3.40. The van der Waals surface area contributed by atoms with Gasteiger partial charge < -0.3 is 10.1 Å². The first-order valence-corrected chi connectivity index (χ1v) is 6.79. The van der Waals surface area contributed by atoms with Crippen molar-refractivity contribution in [2.75, 3.05) is 19.0 Å². The molecule has 19 heavy (non-hydrogen) atoms. The van der Waals surface area contributed by atoms with Crippen molar-refractivity contribution in [3.8, 4) is 0 Å². The molecular weight excluding hydrogens is 242 g/mol. The van der Waals surface area contributed by atoms with E-state index in [1.165, 1.54) is 39.2 Å². The van der Waals surface area contributed by atoms with Gasteiger partial charge in [-0.2, -0.15) is 0 Å². The maximum absolute atomic E-state index is 11.2. The van der Waals surface area contributed by atoms with Crippen molar-refractivity contribution < 1.29 is 9.53 Å². The number of aromatic nitrogens is 2. The van der Waals surface area contributed by atoms with E-state index in [0.29, 0.717) is 11.2 Å². The van der Waals surface area contributed by atoms with Crippen molar-refractivity contribution >= 4 is 11.8 Å². The zero-order valence-corrected chi connectivity index (χ0v) is 11.6. The predicted molar refractivity (Wildman–Crippen MR) is 73.1 cm³/mol. The molecule has 1 N–H and O–H groups in total. The van der Waals surface area contributed by atoms with E-state index in [1.54, 1.807) is 12.1 Å². The van der Waals surface area contributed by atoms with Crippen LogP contribution in [-0.2, 0) is 4.74 Å². The molecule has 1 aromatic heterocycles. The van der Waals surface area contributed by atoms with Crippen LogP contribution >= 0.6 is 0 Å². The number of esters is 1.